The van der Waals surface area contributed by atoms with Gasteiger partial charge in [-0.25, -0.2) is 0 Å². The van der Waals surface area contributed by atoms with Gasteiger partial charge in [-0.15, -0.1) is 10.2 Å². The minimum absolute atomic E-state index is 0.0690. The van der Waals surface area contributed by atoms with Crippen molar-refractivity contribution in [1.29, 1.82) is 0 Å². The number of unbranched alkanes of at least 4 members (excludes halogenated alkanes) is 1. The van der Waals surface area contributed by atoms with Crippen LogP contribution in [0.3, 0.4) is 0 Å². The van der Waals surface area contributed by atoms with Crippen molar-refractivity contribution in [2.24, 2.45) is 0 Å². The normalized spacial score (nSPS) is 10.6. The summed E-state index contributed by atoms with van der Waals surface area (Å²) >= 11 is 3.02. The van der Waals surface area contributed by atoms with Gasteiger partial charge in [-0.05, 0) is 43.2 Å². The van der Waals surface area contributed by atoms with Gasteiger partial charge in [0.05, 0.1) is 13.2 Å². The molecule has 148 valence electrons. The summed E-state index contributed by atoms with van der Waals surface area (Å²) < 4.78 is 12.4. The van der Waals surface area contributed by atoms with E-state index in [1.165, 1.54) is 11.3 Å². The summed E-state index contributed by atoms with van der Waals surface area (Å²) in [5.74, 6) is 2.36. The Balaban J connectivity index is 1.89. The molecule has 0 radical (unpaired) electrons. The Morgan fingerprint density at radius 2 is 2.04 bits per heavy atom. The van der Waals surface area contributed by atoms with Crippen LogP contribution in [0.5, 0.6) is 11.5 Å². The Morgan fingerprint density at radius 3 is 2.78 bits per heavy atom. The van der Waals surface area contributed by atoms with Crippen molar-refractivity contribution in [3.63, 3.8) is 0 Å². The zero-order valence-corrected chi connectivity index (χ0v) is 17.8. The first-order valence-electron chi connectivity index (χ1n) is 9.30. The molecule has 0 spiro atoms. The molecule has 0 unspecified atom stereocenters. The van der Waals surface area contributed by atoms with Crippen LogP contribution in [0.15, 0.2) is 22.5 Å². The quantitative estimate of drug-likeness (QED) is 0.308. The lowest BCUT2D eigenvalue weighted by atomic mass is 10.1. The second-order valence-electron chi connectivity index (χ2n) is 5.77. The molecule has 1 aromatic heterocycles. The largest absolute Gasteiger partial charge is 0.490 e. The van der Waals surface area contributed by atoms with Crippen molar-refractivity contribution < 1.29 is 14.3 Å². The van der Waals surface area contributed by atoms with Gasteiger partial charge in [0.1, 0.15) is 0 Å². The monoisotopic (exact) mass is 409 g/mol. The van der Waals surface area contributed by atoms with E-state index in [0.29, 0.717) is 31.2 Å². The third-order valence-electron chi connectivity index (χ3n) is 3.62. The van der Waals surface area contributed by atoms with Crippen LogP contribution in [-0.4, -0.2) is 35.1 Å². The summed E-state index contributed by atoms with van der Waals surface area (Å²) in [5, 5.41) is 11.4. The van der Waals surface area contributed by atoms with Gasteiger partial charge in [-0.1, -0.05) is 49.4 Å². The van der Waals surface area contributed by atoms with E-state index in [4.69, 9.17) is 9.47 Å². The highest BCUT2D eigenvalue weighted by Gasteiger charge is 2.11. The Bertz CT molecular complexity index is 722. The number of nitrogens with zero attached hydrogens (tertiary/aromatic N) is 2. The predicted molar refractivity (Wildman–Crippen MR) is 111 cm³/mol. The smallest absolute Gasteiger partial charge is 0.226 e. The minimum atomic E-state index is -0.0690. The fourth-order valence-corrected chi connectivity index (χ4v) is 3.97. The minimum Gasteiger partial charge on any atom is -0.490 e. The van der Waals surface area contributed by atoms with Gasteiger partial charge >= 0.3 is 0 Å². The van der Waals surface area contributed by atoms with Gasteiger partial charge in [0.15, 0.2) is 15.8 Å². The average Bonchev–Trinajstić information content (AvgIpc) is 3.09. The van der Waals surface area contributed by atoms with Crippen molar-refractivity contribution >= 4 is 34.1 Å². The lowest BCUT2D eigenvalue weighted by molar-refractivity contribution is -0.116. The fourth-order valence-electron chi connectivity index (χ4n) is 2.30. The highest BCUT2D eigenvalue weighted by molar-refractivity contribution is 8.01. The fraction of sp³-hybridized carbons (Fsp3) is 0.526. The zero-order chi connectivity index (χ0) is 19.5. The first kappa shape index (κ1) is 21.5. The standard InChI is InChI=1S/C19H27N3O3S2/c1-4-7-12-25-15-10-8-14(13-16(15)24-5-2)9-11-17(23)20-18-21-22-19(27-18)26-6-3/h8,10,13H,4-7,9,11-12H2,1-3H3,(H,20,21,23). The summed E-state index contributed by atoms with van der Waals surface area (Å²) in [4.78, 5) is 12.2. The molecule has 27 heavy (non-hydrogen) atoms. The van der Waals surface area contributed by atoms with Crippen LogP contribution in [0.4, 0.5) is 5.13 Å². The molecule has 1 amide bonds. The number of ether oxygens (including phenoxy) is 2. The number of carbonyl (C=O) groups excluding carboxylic acids is 1. The molecule has 0 aliphatic heterocycles. The molecule has 0 saturated heterocycles. The van der Waals surface area contributed by atoms with E-state index in [9.17, 15) is 4.79 Å². The molecule has 0 atom stereocenters. The maximum absolute atomic E-state index is 12.2. The number of aryl methyl sites for hydroxylation is 1. The SMILES string of the molecule is CCCCOc1ccc(CCC(=O)Nc2nnc(SCC)s2)cc1OCC. The summed E-state index contributed by atoms with van der Waals surface area (Å²) in [6, 6.07) is 5.86. The number of hydrogen-bond acceptors (Lipinski definition) is 7. The van der Waals surface area contributed by atoms with E-state index in [-0.39, 0.29) is 5.91 Å². The molecule has 0 bridgehead atoms. The second-order valence-corrected chi connectivity index (χ2v) is 8.26. The Kier molecular flexibility index (Phi) is 9.41. The summed E-state index contributed by atoms with van der Waals surface area (Å²) in [7, 11) is 0. The van der Waals surface area contributed by atoms with E-state index in [0.717, 1.165) is 40.0 Å². The highest BCUT2D eigenvalue weighted by Crippen LogP contribution is 2.29. The number of thioether (sulfide) groups is 1. The van der Waals surface area contributed by atoms with Crippen molar-refractivity contribution in [2.45, 2.75) is 50.8 Å². The molecule has 0 aliphatic carbocycles. The summed E-state index contributed by atoms with van der Waals surface area (Å²) in [6.45, 7) is 7.39. The second kappa shape index (κ2) is 11.8. The van der Waals surface area contributed by atoms with Crippen LogP contribution in [0, 0.1) is 0 Å². The van der Waals surface area contributed by atoms with E-state index < -0.39 is 0 Å². The number of amides is 1. The molecule has 0 saturated carbocycles. The molecule has 6 nitrogen and oxygen atoms in total. The lowest BCUT2D eigenvalue weighted by Crippen LogP contribution is -2.12. The third kappa shape index (κ3) is 7.38. The topological polar surface area (TPSA) is 73.3 Å². The maximum Gasteiger partial charge on any atom is 0.226 e. The third-order valence-corrected chi connectivity index (χ3v) is 5.48. The number of carbonyl (C=O) groups is 1. The number of benzene rings is 1. The molecular formula is C19H27N3O3S2. The molecular weight excluding hydrogens is 382 g/mol. The Hall–Kier alpha value is -1.80. The number of nitrogens with one attached hydrogen (secondary N) is 1. The number of anilines is 1. The summed E-state index contributed by atoms with van der Waals surface area (Å²) in [6.07, 6.45) is 3.09. The van der Waals surface area contributed by atoms with E-state index in [1.807, 2.05) is 25.1 Å². The molecule has 0 fully saturated rings. The van der Waals surface area contributed by atoms with Crippen LogP contribution in [0.1, 0.15) is 45.6 Å². The predicted octanol–water partition coefficient (Wildman–Crippen LogP) is 4.80. The maximum atomic E-state index is 12.2. The molecule has 8 heteroatoms. The zero-order valence-electron chi connectivity index (χ0n) is 16.1. The summed E-state index contributed by atoms with van der Waals surface area (Å²) in [5.41, 5.74) is 1.04. The number of hydrogen-bond donors (Lipinski definition) is 1. The molecule has 1 heterocycles. The Labute approximate surface area is 169 Å². The first-order valence-corrected chi connectivity index (χ1v) is 11.1. The van der Waals surface area contributed by atoms with E-state index in [2.05, 4.69) is 29.4 Å². The Morgan fingerprint density at radius 1 is 1.19 bits per heavy atom. The van der Waals surface area contributed by atoms with E-state index >= 15 is 0 Å². The van der Waals surface area contributed by atoms with Crippen molar-refractivity contribution in [3.05, 3.63) is 23.8 Å². The van der Waals surface area contributed by atoms with Crippen LogP contribution in [-0.2, 0) is 11.2 Å². The number of aromatic nitrogens is 2. The van der Waals surface area contributed by atoms with Gasteiger partial charge in [-0.3, -0.25) is 4.79 Å². The highest BCUT2D eigenvalue weighted by atomic mass is 32.2. The van der Waals surface area contributed by atoms with Gasteiger partial charge in [0.2, 0.25) is 11.0 Å². The molecule has 2 rings (SSSR count). The van der Waals surface area contributed by atoms with Crippen LogP contribution in [0.25, 0.3) is 0 Å². The molecule has 1 N–H and O–H groups in total. The van der Waals surface area contributed by atoms with Crippen LogP contribution in [0.2, 0.25) is 0 Å². The van der Waals surface area contributed by atoms with Gasteiger partial charge < -0.3 is 14.8 Å². The van der Waals surface area contributed by atoms with Crippen LogP contribution < -0.4 is 14.8 Å². The molecule has 2 aromatic rings. The molecule has 1 aromatic carbocycles. The van der Waals surface area contributed by atoms with Gasteiger partial charge in [0.25, 0.3) is 0 Å². The van der Waals surface area contributed by atoms with E-state index in [1.54, 1.807) is 11.8 Å². The number of rotatable bonds is 12. The van der Waals surface area contributed by atoms with Crippen LogP contribution >= 0.6 is 23.1 Å². The van der Waals surface area contributed by atoms with Crippen molar-refractivity contribution in [3.8, 4) is 11.5 Å². The average molecular weight is 410 g/mol. The van der Waals surface area contributed by atoms with Gasteiger partial charge in [-0.2, -0.15) is 0 Å². The van der Waals surface area contributed by atoms with Gasteiger partial charge in [0, 0.05) is 6.42 Å². The lowest BCUT2D eigenvalue weighted by Gasteiger charge is -2.13. The first-order chi connectivity index (χ1) is 13.2. The van der Waals surface area contributed by atoms with Crippen molar-refractivity contribution in [1.82, 2.24) is 10.2 Å². The molecule has 0 aliphatic rings. The van der Waals surface area contributed by atoms with Crippen molar-refractivity contribution in [2.75, 3.05) is 24.3 Å².